The summed E-state index contributed by atoms with van der Waals surface area (Å²) in [4.78, 5) is 21.3. The summed E-state index contributed by atoms with van der Waals surface area (Å²) < 4.78 is 23.0. The number of carbonyl (C=O) groups excluding carboxylic acids is 1. The summed E-state index contributed by atoms with van der Waals surface area (Å²) in [5, 5.41) is 12.4. The van der Waals surface area contributed by atoms with Gasteiger partial charge in [0.2, 0.25) is 5.75 Å². The third-order valence-corrected chi connectivity index (χ3v) is 2.34. The van der Waals surface area contributed by atoms with Gasteiger partial charge in [0.15, 0.2) is 5.82 Å². The third-order valence-electron chi connectivity index (χ3n) is 2.05. The topological polar surface area (TPSA) is 90.7 Å². The van der Waals surface area contributed by atoms with Gasteiger partial charge in [-0.15, -0.1) is 0 Å². The van der Waals surface area contributed by atoms with Gasteiger partial charge >= 0.3 is 11.8 Å². The minimum Gasteiger partial charge on any atom is -0.489 e. The summed E-state index contributed by atoms with van der Waals surface area (Å²) in [6.45, 7) is 1.61. The van der Waals surface area contributed by atoms with E-state index in [4.69, 9.17) is 16.3 Å². The average molecular weight is 293 g/mol. The number of nitrogens with zero attached hydrogens (tertiary/aromatic N) is 1. The quantitative estimate of drug-likeness (QED) is 0.680. The smallest absolute Gasteiger partial charge is 0.411 e. The van der Waals surface area contributed by atoms with Gasteiger partial charge < -0.3 is 9.47 Å². The molecule has 0 saturated carbocycles. The molecule has 0 aromatic heterocycles. The van der Waals surface area contributed by atoms with Crippen molar-refractivity contribution in [2.24, 2.45) is 0 Å². The molecule has 7 nitrogen and oxygen atoms in total. The van der Waals surface area contributed by atoms with Gasteiger partial charge in [-0.25, -0.2) is 9.18 Å². The Bertz CT molecular complexity index is 523. The fourth-order valence-electron chi connectivity index (χ4n) is 1.34. The highest BCUT2D eigenvalue weighted by Crippen LogP contribution is 2.42. The summed E-state index contributed by atoms with van der Waals surface area (Å²) in [5.41, 5.74) is -1.14. The summed E-state index contributed by atoms with van der Waals surface area (Å²) in [5.74, 6) is -1.46. The van der Waals surface area contributed by atoms with Gasteiger partial charge in [0, 0.05) is 6.07 Å². The van der Waals surface area contributed by atoms with Crippen LogP contribution in [0.25, 0.3) is 0 Å². The molecule has 1 aromatic carbocycles. The molecule has 19 heavy (non-hydrogen) atoms. The van der Waals surface area contributed by atoms with Crippen LogP contribution in [-0.2, 0) is 4.74 Å². The number of benzene rings is 1. The highest BCUT2D eigenvalue weighted by molar-refractivity contribution is 6.33. The summed E-state index contributed by atoms with van der Waals surface area (Å²) in [6.07, 6.45) is -0.962. The van der Waals surface area contributed by atoms with Gasteiger partial charge in [-0.3, -0.25) is 15.4 Å². The second-order valence-corrected chi connectivity index (χ2v) is 3.61. The number of rotatable bonds is 4. The highest BCUT2D eigenvalue weighted by atomic mass is 35.5. The molecule has 0 aliphatic carbocycles. The Hall–Kier alpha value is -2.09. The fraction of sp³-hybridized carbons (Fsp3) is 0.300. The lowest BCUT2D eigenvalue weighted by atomic mass is 10.2. The first-order valence-corrected chi connectivity index (χ1v) is 5.44. The number of halogens is 2. The number of carbonyl (C=O) groups is 1. The van der Waals surface area contributed by atoms with Crippen molar-refractivity contribution in [1.29, 1.82) is 0 Å². The number of ether oxygens (including phenoxy) is 2. The molecular formula is C10H10ClFN2O5. The first-order valence-electron chi connectivity index (χ1n) is 5.06. The standard InChI is InChI=1S/C10H10ClFN2O5/c1-3-19-10(15)13-7-6(12)4-5(11)8(14(16)17)9(7)18-2/h4H,3H2,1-2H3,(H,13,15). The Morgan fingerprint density at radius 2 is 2.26 bits per heavy atom. The largest absolute Gasteiger partial charge is 0.489 e. The minimum atomic E-state index is -0.972. The van der Waals surface area contributed by atoms with Crippen molar-refractivity contribution in [2.75, 3.05) is 19.0 Å². The Balaban J connectivity index is 3.33. The predicted octanol–water partition coefficient (Wildman–Crippen LogP) is 2.96. The Labute approximate surface area is 112 Å². The van der Waals surface area contributed by atoms with Crippen molar-refractivity contribution in [3.8, 4) is 5.75 Å². The second-order valence-electron chi connectivity index (χ2n) is 3.20. The van der Waals surface area contributed by atoms with Gasteiger partial charge in [-0.1, -0.05) is 11.6 Å². The highest BCUT2D eigenvalue weighted by Gasteiger charge is 2.28. The van der Waals surface area contributed by atoms with E-state index in [0.29, 0.717) is 6.07 Å². The molecule has 0 heterocycles. The van der Waals surface area contributed by atoms with Crippen LogP contribution < -0.4 is 10.1 Å². The van der Waals surface area contributed by atoms with Crippen LogP contribution >= 0.6 is 11.6 Å². The van der Waals surface area contributed by atoms with Crippen LogP contribution in [0.15, 0.2) is 6.07 Å². The molecule has 104 valence electrons. The SMILES string of the molecule is CCOC(=O)Nc1c(F)cc(Cl)c([N+](=O)[O-])c1OC. The lowest BCUT2D eigenvalue weighted by Gasteiger charge is -2.12. The Kier molecular flexibility index (Phi) is 4.87. The number of methoxy groups -OCH3 is 1. The van der Waals surface area contributed by atoms with Crippen LogP contribution in [0.2, 0.25) is 5.02 Å². The number of amides is 1. The van der Waals surface area contributed by atoms with Crippen molar-refractivity contribution < 1.29 is 23.6 Å². The number of hydrogen-bond donors (Lipinski definition) is 1. The zero-order valence-electron chi connectivity index (χ0n) is 10.0. The Morgan fingerprint density at radius 3 is 2.74 bits per heavy atom. The maximum absolute atomic E-state index is 13.7. The summed E-state index contributed by atoms with van der Waals surface area (Å²) in [6, 6.07) is 0.712. The molecular weight excluding hydrogens is 283 g/mol. The predicted molar refractivity (Wildman–Crippen MR) is 65.3 cm³/mol. The molecule has 0 aliphatic rings. The molecule has 1 aromatic rings. The molecule has 0 radical (unpaired) electrons. The lowest BCUT2D eigenvalue weighted by Crippen LogP contribution is -2.15. The van der Waals surface area contributed by atoms with Crippen molar-refractivity contribution >= 4 is 29.1 Å². The maximum Gasteiger partial charge on any atom is 0.411 e. The first kappa shape index (κ1) is 15.0. The van der Waals surface area contributed by atoms with E-state index in [1.54, 1.807) is 6.92 Å². The molecule has 0 bridgehead atoms. The zero-order valence-corrected chi connectivity index (χ0v) is 10.8. The second kappa shape index (κ2) is 6.19. The molecule has 0 unspecified atom stereocenters. The van der Waals surface area contributed by atoms with E-state index in [2.05, 4.69) is 4.74 Å². The number of nitrogens with one attached hydrogen (secondary N) is 1. The van der Waals surface area contributed by atoms with Crippen LogP contribution in [0.4, 0.5) is 20.6 Å². The van der Waals surface area contributed by atoms with Crippen molar-refractivity contribution in [3.63, 3.8) is 0 Å². The number of anilines is 1. The van der Waals surface area contributed by atoms with E-state index >= 15 is 0 Å². The van der Waals surface area contributed by atoms with Gasteiger partial charge in [-0.05, 0) is 6.92 Å². The molecule has 0 fully saturated rings. The van der Waals surface area contributed by atoms with E-state index in [1.165, 1.54) is 0 Å². The van der Waals surface area contributed by atoms with Crippen molar-refractivity contribution in [3.05, 3.63) is 27.0 Å². The van der Waals surface area contributed by atoms with Gasteiger partial charge in [0.1, 0.15) is 10.7 Å². The van der Waals surface area contributed by atoms with E-state index in [0.717, 1.165) is 7.11 Å². The molecule has 1 rings (SSSR count). The molecule has 9 heteroatoms. The van der Waals surface area contributed by atoms with Crippen LogP contribution in [0, 0.1) is 15.9 Å². The summed E-state index contributed by atoms with van der Waals surface area (Å²) >= 11 is 5.57. The zero-order chi connectivity index (χ0) is 14.6. The molecule has 0 aliphatic heterocycles. The Morgan fingerprint density at radius 1 is 1.63 bits per heavy atom. The maximum atomic E-state index is 13.7. The van der Waals surface area contributed by atoms with E-state index in [-0.39, 0.29) is 6.61 Å². The molecule has 0 saturated heterocycles. The normalized spacial score (nSPS) is 9.89. The van der Waals surface area contributed by atoms with Gasteiger partial charge in [0.25, 0.3) is 0 Å². The van der Waals surface area contributed by atoms with Crippen molar-refractivity contribution in [1.82, 2.24) is 0 Å². The summed E-state index contributed by atoms with van der Waals surface area (Å²) in [7, 11) is 1.09. The molecule has 0 spiro atoms. The van der Waals surface area contributed by atoms with Crippen LogP contribution in [0.5, 0.6) is 5.75 Å². The molecule has 1 amide bonds. The van der Waals surface area contributed by atoms with E-state index in [9.17, 15) is 19.3 Å². The molecule has 1 N–H and O–H groups in total. The molecule has 0 atom stereocenters. The van der Waals surface area contributed by atoms with E-state index in [1.807, 2.05) is 5.32 Å². The lowest BCUT2D eigenvalue weighted by molar-refractivity contribution is -0.385. The third kappa shape index (κ3) is 3.22. The van der Waals surface area contributed by atoms with Crippen molar-refractivity contribution in [2.45, 2.75) is 6.92 Å². The van der Waals surface area contributed by atoms with Crippen LogP contribution in [0.3, 0.4) is 0 Å². The van der Waals surface area contributed by atoms with Gasteiger partial charge in [0.05, 0.1) is 18.6 Å². The van der Waals surface area contributed by atoms with Crippen LogP contribution in [-0.4, -0.2) is 24.7 Å². The fourth-order valence-corrected chi connectivity index (χ4v) is 1.59. The number of hydrogen-bond acceptors (Lipinski definition) is 5. The number of nitro groups is 1. The average Bonchev–Trinajstić information content (AvgIpc) is 2.31. The minimum absolute atomic E-state index is 0.0610. The van der Waals surface area contributed by atoms with E-state index < -0.39 is 39.0 Å². The number of nitro benzene ring substituents is 1. The van der Waals surface area contributed by atoms with Gasteiger partial charge in [-0.2, -0.15) is 0 Å². The first-order chi connectivity index (χ1) is 8.92. The monoisotopic (exact) mass is 292 g/mol. The van der Waals surface area contributed by atoms with Crippen LogP contribution in [0.1, 0.15) is 6.92 Å².